The molecule has 2 atom stereocenters. The molecule has 30 heavy (non-hydrogen) atoms. The fourth-order valence-corrected chi connectivity index (χ4v) is 5.11. The van der Waals surface area contributed by atoms with E-state index >= 15 is 0 Å². The highest BCUT2D eigenvalue weighted by atomic mass is 16.1. The summed E-state index contributed by atoms with van der Waals surface area (Å²) >= 11 is 0. The average molecular weight is 405 g/mol. The zero-order chi connectivity index (χ0) is 21.4. The van der Waals surface area contributed by atoms with Crippen LogP contribution in [0.2, 0.25) is 0 Å². The molecule has 4 rings (SSSR count). The molecule has 4 nitrogen and oxygen atoms in total. The van der Waals surface area contributed by atoms with Gasteiger partial charge in [-0.05, 0) is 83.4 Å². The number of carbonyl (C=O) groups is 2. The third kappa shape index (κ3) is 3.81. The Bertz CT molecular complexity index is 1030. The number of aromatic nitrogens is 1. The van der Waals surface area contributed by atoms with Crippen LogP contribution < -0.4 is 0 Å². The molecular formula is C26H32N2O2. The number of ketones is 2. The third-order valence-corrected chi connectivity index (χ3v) is 6.85. The van der Waals surface area contributed by atoms with E-state index in [1.54, 1.807) is 13.8 Å². The normalized spacial score (nSPS) is 20.1. The lowest BCUT2D eigenvalue weighted by Crippen LogP contribution is -2.44. The third-order valence-electron chi connectivity index (χ3n) is 6.85. The number of piperidine rings is 1. The van der Waals surface area contributed by atoms with Crippen LogP contribution in [0.3, 0.4) is 0 Å². The number of fused-ring (bicyclic) bond motifs is 3. The Kier molecular flexibility index (Phi) is 5.79. The molecule has 1 aliphatic rings. The Morgan fingerprint density at radius 3 is 1.80 bits per heavy atom. The Morgan fingerprint density at radius 1 is 0.833 bits per heavy atom. The van der Waals surface area contributed by atoms with Crippen molar-refractivity contribution in [3.8, 4) is 0 Å². The van der Waals surface area contributed by atoms with Crippen LogP contribution in [0.15, 0.2) is 36.4 Å². The molecule has 158 valence electrons. The summed E-state index contributed by atoms with van der Waals surface area (Å²) in [6.07, 6.45) is 5.00. The predicted octanol–water partition coefficient (Wildman–Crippen LogP) is 5.85. The van der Waals surface area contributed by atoms with Crippen molar-refractivity contribution in [2.45, 2.75) is 72.0 Å². The topological polar surface area (TPSA) is 42.3 Å². The Labute approximate surface area is 178 Å². The van der Waals surface area contributed by atoms with E-state index in [0.717, 1.165) is 41.3 Å². The van der Waals surface area contributed by atoms with Gasteiger partial charge in [-0.1, -0.05) is 6.42 Å². The first-order valence-corrected chi connectivity index (χ1v) is 11.2. The Hall–Kier alpha value is -2.46. The molecule has 1 saturated heterocycles. The van der Waals surface area contributed by atoms with Crippen molar-refractivity contribution < 1.29 is 9.59 Å². The van der Waals surface area contributed by atoms with Crippen LogP contribution in [0.4, 0.5) is 0 Å². The molecule has 0 radical (unpaired) electrons. The van der Waals surface area contributed by atoms with E-state index in [1.165, 1.54) is 19.3 Å². The lowest BCUT2D eigenvalue weighted by molar-refractivity contribution is 0.100. The molecule has 0 bridgehead atoms. The summed E-state index contributed by atoms with van der Waals surface area (Å²) in [4.78, 5) is 26.6. The van der Waals surface area contributed by atoms with Crippen molar-refractivity contribution in [1.82, 2.24) is 9.47 Å². The van der Waals surface area contributed by atoms with Gasteiger partial charge in [0.1, 0.15) is 0 Å². The van der Waals surface area contributed by atoms with E-state index in [9.17, 15) is 9.59 Å². The van der Waals surface area contributed by atoms with Gasteiger partial charge in [0.05, 0.1) is 0 Å². The molecule has 1 aliphatic heterocycles. The molecule has 4 heteroatoms. The summed E-state index contributed by atoms with van der Waals surface area (Å²) in [5.41, 5.74) is 3.70. The maximum absolute atomic E-state index is 11.9. The lowest BCUT2D eigenvalue weighted by Gasteiger charge is -2.39. The molecule has 2 aromatic carbocycles. The van der Waals surface area contributed by atoms with E-state index in [2.05, 4.69) is 35.4 Å². The number of nitrogens with zero attached hydrogens (tertiary/aromatic N) is 2. The standard InChI is InChI=1S/C26H32N2O2/c1-17-7-5-8-18(2)27(17)13-6-14-28-25-11-9-21(19(3)29)15-23(25)24-16-22(20(4)30)10-12-26(24)28/h9-12,15-18H,5-8,13-14H2,1-4H3/t17-,18+. The highest BCUT2D eigenvalue weighted by Crippen LogP contribution is 2.31. The van der Waals surface area contributed by atoms with Gasteiger partial charge in [0.25, 0.3) is 0 Å². The van der Waals surface area contributed by atoms with Gasteiger partial charge in [-0.25, -0.2) is 0 Å². The molecule has 0 spiro atoms. The summed E-state index contributed by atoms with van der Waals surface area (Å²) in [6.45, 7) is 9.92. The second-order valence-electron chi connectivity index (χ2n) is 8.95. The Balaban J connectivity index is 1.70. The van der Waals surface area contributed by atoms with Crippen LogP contribution in [-0.4, -0.2) is 39.7 Å². The lowest BCUT2D eigenvalue weighted by atomic mass is 9.97. The van der Waals surface area contributed by atoms with Gasteiger partial charge >= 0.3 is 0 Å². The molecule has 1 fully saturated rings. The van der Waals surface area contributed by atoms with E-state index < -0.39 is 0 Å². The molecule has 1 aromatic heterocycles. The van der Waals surface area contributed by atoms with Crippen LogP contribution in [-0.2, 0) is 6.54 Å². The quantitative estimate of drug-likeness (QED) is 0.484. The minimum atomic E-state index is 0.0635. The van der Waals surface area contributed by atoms with E-state index in [-0.39, 0.29) is 11.6 Å². The van der Waals surface area contributed by atoms with Gasteiger partial charge in [0, 0.05) is 58.1 Å². The molecule has 0 N–H and O–H groups in total. The van der Waals surface area contributed by atoms with Crippen LogP contribution in [0.5, 0.6) is 0 Å². The highest BCUT2D eigenvalue weighted by molar-refractivity contribution is 6.12. The number of likely N-dealkylation sites (tertiary alicyclic amines) is 1. The molecule has 3 aromatic rings. The fraction of sp³-hybridized carbons (Fsp3) is 0.462. The number of hydrogen-bond acceptors (Lipinski definition) is 3. The van der Waals surface area contributed by atoms with Crippen molar-refractivity contribution in [1.29, 1.82) is 0 Å². The number of hydrogen-bond donors (Lipinski definition) is 0. The van der Waals surface area contributed by atoms with Gasteiger partial charge in [-0.15, -0.1) is 0 Å². The van der Waals surface area contributed by atoms with Crippen molar-refractivity contribution in [3.05, 3.63) is 47.5 Å². The number of carbonyl (C=O) groups excluding carboxylic acids is 2. The van der Waals surface area contributed by atoms with Gasteiger partial charge < -0.3 is 4.57 Å². The van der Waals surface area contributed by atoms with Gasteiger partial charge in [0.2, 0.25) is 0 Å². The maximum Gasteiger partial charge on any atom is 0.159 e. The Morgan fingerprint density at radius 2 is 1.33 bits per heavy atom. The summed E-state index contributed by atoms with van der Waals surface area (Å²) < 4.78 is 2.36. The molecule has 0 saturated carbocycles. The van der Waals surface area contributed by atoms with E-state index in [1.807, 2.05) is 24.3 Å². The maximum atomic E-state index is 11.9. The van der Waals surface area contributed by atoms with Crippen molar-refractivity contribution >= 4 is 33.4 Å². The summed E-state index contributed by atoms with van der Waals surface area (Å²) in [7, 11) is 0. The first-order chi connectivity index (χ1) is 14.4. The van der Waals surface area contributed by atoms with E-state index in [4.69, 9.17) is 0 Å². The highest BCUT2D eigenvalue weighted by Gasteiger charge is 2.24. The summed E-state index contributed by atoms with van der Waals surface area (Å²) in [6, 6.07) is 13.2. The molecule has 0 unspecified atom stereocenters. The molecule has 0 amide bonds. The zero-order valence-corrected chi connectivity index (χ0v) is 18.6. The van der Waals surface area contributed by atoms with Crippen molar-refractivity contribution in [2.75, 3.05) is 6.54 Å². The first-order valence-electron chi connectivity index (χ1n) is 11.2. The largest absolute Gasteiger partial charge is 0.340 e. The SMILES string of the molecule is CC(=O)c1ccc2c(c1)c1cc(C(C)=O)ccc1n2CCCN1[C@H](C)CCC[C@@H]1C. The minimum Gasteiger partial charge on any atom is -0.340 e. The van der Waals surface area contributed by atoms with Crippen LogP contribution in [0, 0.1) is 0 Å². The number of rotatable bonds is 6. The van der Waals surface area contributed by atoms with Crippen molar-refractivity contribution in [2.24, 2.45) is 0 Å². The summed E-state index contributed by atoms with van der Waals surface area (Å²) in [5.74, 6) is 0.127. The number of benzene rings is 2. The number of aryl methyl sites for hydroxylation is 1. The van der Waals surface area contributed by atoms with Gasteiger partial charge in [0.15, 0.2) is 11.6 Å². The smallest absolute Gasteiger partial charge is 0.159 e. The van der Waals surface area contributed by atoms with Gasteiger partial charge in [-0.3, -0.25) is 14.5 Å². The zero-order valence-electron chi connectivity index (χ0n) is 18.6. The summed E-state index contributed by atoms with van der Waals surface area (Å²) in [5, 5.41) is 2.11. The minimum absolute atomic E-state index is 0.0635. The van der Waals surface area contributed by atoms with Crippen LogP contribution in [0.1, 0.15) is 74.1 Å². The van der Waals surface area contributed by atoms with Crippen LogP contribution in [0.25, 0.3) is 21.8 Å². The predicted molar refractivity (Wildman–Crippen MR) is 124 cm³/mol. The second kappa shape index (κ2) is 8.35. The average Bonchev–Trinajstić information content (AvgIpc) is 3.02. The second-order valence-corrected chi connectivity index (χ2v) is 8.95. The fourth-order valence-electron chi connectivity index (χ4n) is 5.11. The molecule has 2 heterocycles. The van der Waals surface area contributed by atoms with Gasteiger partial charge in [-0.2, -0.15) is 0 Å². The molecule has 0 aliphatic carbocycles. The van der Waals surface area contributed by atoms with Crippen molar-refractivity contribution in [3.63, 3.8) is 0 Å². The van der Waals surface area contributed by atoms with Crippen LogP contribution >= 0.6 is 0 Å². The number of Topliss-reactive ketones (excluding diaryl/α,β-unsaturated/α-hetero) is 2. The first kappa shape index (κ1) is 20.8. The van der Waals surface area contributed by atoms with E-state index in [0.29, 0.717) is 23.2 Å². The monoisotopic (exact) mass is 404 g/mol. The molecular weight excluding hydrogens is 372 g/mol.